The number of aryl methyl sites for hydroxylation is 1. The maximum atomic E-state index is 12.0. The molecule has 2 aromatic rings. The van der Waals surface area contributed by atoms with Crippen molar-refractivity contribution in [3.8, 4) is 0 Å². The van der Waals surface area contributed by atoms with Crippen LogP contribution in [0.2, 0.25) is 0 Å². The van der Waals surface area contributed by atoms with E-state index in [1.807, 2.05) is 56.3 Å². The van der Waals surface area contributed by atoms with Gasteiger partial charge in [0.2, 0.25) is 0 Å². The summed E-state index contributed by atoms with van der Waals surface area (Å²) in [4.78, 5) is 16.1. The van der Waals surface area contributed by atoms with Gasteiger partial charge in [-0.25, -0.2) is 9.78 Å². The van der Waals surface area contributed by atoms with Crippen molar-refractivity contribution in [2.24, 2.45) is 0 Å². The van der Waals surface area contributed by atoms with E-state index in [9.17, 15) is 4.79 Å². The SMILES string of the molecule is CCOC(CNC(=O)Nc1ncccc1C)c1ccccc1. The summed E-state index contributed by atoms with van der Waals surface area (Å²) in [6.45, 7) is 4.82. The second-order valence-corrected chi connectivity index (χ2v) is 4.86. The number of carbonyl (C=O) groups excluding carboxylic acids is 1. The van der Waals surface area contributed by atoms with Gasteiger partial charge in [0.1, 0.15) is 5.82 Å². The Bertz CT molecular complexity index is 602. The summed E-state index contributed by atoms with van der Waals surface area (Å²) in [5.41, 5.74) is 1.96. The minimum Gasteiger partial charge on any atom is -0.372 e. The first kappa shape index (κ1) is 16.0. The normalized spacial score (nSPS) is 11.7. The number of pyridine rings is 1. The van der Waals surface area contributed by atoms with Gasteiger partial charge in [-0.1, -0.05) is 36.4 Å². The van der Waals surface area contributed by atoms with Crippen LogP contribution in [-0.4, -0.2) is 24.2 Å². The first-order chi connectivity index (χ1) is 10.7. The number of hydrogen-bond donors (Lipinski definition) is 2. The average molecular weight is 299 g/mol. The summed E-state index contributed by atoms with van der Waals surface area (Å²) in [5.74, 6) is 0.563. The predicted octanol–water partition coefficient (Wildman–Crippen LogP) is 3.29. The number of nitrogens with zero attached hydrogens (tertiary/aromatic N) is 1. The number of anilines is 1. The van der Waals surface area contributed by atoms with Gasteiger partial charge in [0.25, 0.3) is 0 Å². The number of urea groups is 1. The van der Waals surface area contributed by atoms with Crippen molar-refractivity contribution < 1.29 is 9.53 Å². The van der Waals surface area contributed by atoms with Gasteiger partial charge in [0, 0.05) is 19.3 Å². The average Bonchev–Trinajstić information content (AvgIpc) is 2.54. The summed E-state index contributed by atoms with van der Waals surface area (Å²) in [6, 6.07) is 13.3. The molecular formula is C17H21N3O2. The van der Waals surface area contributed by atoms with Crippen LogP contribution in [0.25, 0.3) is 0 Å². The number of ether oxygens (including phenoxy) is 1. The van der Waals surface area contributed by atoms with Gasteiger partial charge in [-0.3, -0.25) is 5.32 Å². The lowest BCUT2D eigenvalue weighted by molar-refractivity contribution is 0.0643. The molecule has 5 heteroatoms. The van der Waals surface area contributed by atoms with Crippen molar-refractivity contribution in [3.05, 3.63) is 59.8 Å². The second-order valence-electron chi connectivity index (χ2n) is 4.86. The van der Waals surface area contributed by atoms with Gasteiger partial charge in [0.05, 0.1) is 6.10 Å². The number of benzene rings is 1. The van der Waals surface area contributed by atoms with Gasteiger partial charge in [-0.15, -0.1) is 0 Å². The number of nitrogens with one attached hydrogen (secondary N) is 2. The summed E-state index contributed by atoms with van der Waals surface area (Å²) in [5, 5.41) is 5.57. The zero-order chi connectivity index (χ0) is 15.8. The zero-order valence-corrected chi connectivity index (χ0v) is 12.9. The molecule has 0 saturated carbocycles. The number of carbonyl (C=O) groups is 1. The molecule has 0 spiro atoms. The van der Waals surface area contributed by atoms with Crippen LogP contribution in [0.15, 0.2) is 48.7 Å². The van der Waals surface area contributed by atoms with Crippen molar-refractivity contribution in [3.63, 3.8) is 0 Å². The quantitative estimate of drug-likeness (QED) is 0.860. The first-order valence-corrected chi connectivity index (χ1v) is 7.33. The molecule has 116 valence electrons. The van der Waals surface area contributed by atoms with E-state index < -0.39 is 0 Å². The Morgan fingerprint density at radius 2 is 2.00 bits per heavy atom. The molecule has 22 heavy (non-hydrogen) atoms. The standard InChI is InChI=1S/C17H21N3O2/c1-3-22-15(14-9-5-4-6-10-14)12-19-17(21)20-16-13(2)8-7-11-18-16/h4-11,15H,3,12H2,1-2H3,(H2,18,19,20,21). The van der Waals surface area contributed by atoms with Crippen LogP contribution in [0.1, 0.15) is 24.2 Å². The molecule has 0 aliphatic carbocycles. The van der Waals surface area contributed by atoms with E-state index >= 15 is 0 Å². The molecule has 0 aliphatic heterocycles. The van der Waals surface area contributed by atoms with E-state index in [0.29, 0.717) is 19.0 Å². The van der Waals surface area contributed by atoms with Gasteiger partial charge in [-0.2, -0.15) is 0 Å². The monoisotopic (exact) mass is 299 g/mol. The predicted molar refractivity (Wildman–Crippen MR) is 86.8 cm³/mol. The lowest BCUT2D eigenvalue weighted by Gasteiger charge is -2.18. The fraction of sp³-hybridized carbons (Fsp3) is 0.294. The molecule has 0 radical (unpaired) electrons. The highest BCUT2D eigenvalue weighted by atomic mass is 16.5. The van der Waals surface area contributed by atoms with E-state index in [1.54, 1.807) is 6.20 Å². The Kier molecular flexibility index (Phi) is 5.91. The van der Waals surface area contributed by atoms with E-state index in [2.05, 4.69) is 15.6 Å². The molecule has 0 saturated heterocycles. The first-order valence-electron chi connectivity index (χ1n) is 7.33. The lowest BCUT2D eigenvalue weighted by atomic mass is 10.1. The van der Waals surface area contributed by atoms with Gasteiger partial charge >= 0.3 is 6.03 Å². The molecule has 1 aromatic carbocycles. The molecule has 5 nitrogen and oxygen atoms in total. The molecular weight excluding hydrogens is 278 g/mol. The molecule has 2 N–H and O–H groups in total. The van der Waals surface area contributed by atoms with Crippen LogP contribution in [0.4, 0.5) is 10.6 Å². The van der Waals surface area contributed by atoms with E-state index in [4.69, 9.17) is 4.74 Å². The van der Waals surface area contributed by atoms with Crippen molar-refractivity contribution in [2.45, 2.75) is 20.0 Å². The number of aromatic nitrogens is 1. The molecule has 2 amide bonds. The minimum atomic E-state index is -0.289. The molecule has 1 heterocycles. The fourth-order valence-corrected chi connectivity index (χ4v) is 2.10. The fourth-order valence-electron chi connectivity index (χ4n) is 2.10. The van der Waals surface area contributed by atoms with E-state index in [-0.39, 0.29) is 12.1 Å². The highest BCUT2D eigenvalue weighted by Gasteiger charge is 2.13. The summed E-state index contributed by atoms with van der Waals surface area (Å²) >= 11 is 0. The minimum absolute atomic E-state index is 0.165. The van der Waals surface area contributed by atoms with Crippen LogP contribution in [0.5, 0.6) is 0 Å². The summed E-state index contributed by atoms with van der Waals surface area (Å²) < 4.78 is 5.69. The van der Waals surface area contributed by atoms with Crippen LogP contribution >= 0.6 is 0 Å². The second kappa shape index (κ2) is 8.14. The molecule has 1 unspecified atom stereocenters. The van der Waals surface area contributed by atoms with Gasteiger partial charge in [0.15, 0.2) is 0 Å². The van der Waals surface area contributed by atoms with E-state index in [0.717, 1.165) is 11.1 Å². The smallest absolute Gasteiger partial charge is 0.320 e. The summed E-state index contributed by atoms with van der Waals surface area (Å²) in [6.07, 6.45) is 1.48. The van der Waals surface area contributed by atoms with Crippen molar-refractivity contribution in [1.82, 2.24) is 10.3 Å². The molecule has 1 aromatic heterocycles. The molecule has 0 aliphatic rings. The molecule has 1 atom stereocenters. The van der Waals surface area contributed by atoms with Gasteiger partial charge in [-0.05, 0) is 31.0 Å². The molecule has 2 rings (SSSR count). The Hall–Kier alpha value is -2.40. The third kappa shape index (κ3) is 4.56. The van der Waals surface area contributed by atoms with E-state index in [1.165, 1.54) is 0 Å². The van der Waals surface area contributed by atoms with Crippen LogP contribution in [-0.2, 0) is 4.74 Å². The molecule has 0 bridgehead atoms. The highest BCUT2D eigenvalue weighted by molar-refractivity contribution is 5.88. The zero-order valence-electron chi connectivity index (χ0n) is 12.9. The number of rotatable bonds is 6. The van der Waals surface area contributed by atoms with Crippen molar-refractivity contribution >= 4 is 11.8 Å². The Morgan fingerprint density at radius 3 is 2.68 bits per heavy atom. The Balaban J connectivity index is 1.92. The van der Waals surface area contributed by atoms with Crippen molar-refractivity contribution in [2.75, 3.05) is 18.5 Å². The largest absolute Gasteiger partial charge is 0.372 e. The van der Waals surface area contributed by atoms with Crippen LogP contribution in [0.3, 0.4) is 0 Å². The van der Waals surface area contributed by atoms with Gasteiger partial charge < -0.3 is 10.1 Å². The Morgan fingerprint density at radius 1 is 1.23 bits per heavy atom. The third-order valence-corrected chi connectivity index (χ3v) is 3.23. The highest BCUT2D eigenvalue weighted by Crippen LogP contribution is 2.16. The lowest BCUT2D eigenvalue weighted by Crippen LogP contribution is -2.33. The van der Waals surface area contributed by atoms with Crippen LogP contribution in [0, 0.1) is 6.92 Å². The maximum Gasteiger partial charge on any atom is 0.320 e. The third-order valence-electron chi connectivity index (χ3n) is 3.23. The number of amides is 2. The molecule has 0 fully saturated rings. The maximum absolute atomic E-state index is 12.0. The van der Waals surface area contributed by atoms with Crippen LogP contribution < -0.4 is 10.6 Å². The number of hydrogen-bond acceptors (Lipinski definition) is 3. The topological polar surface area (TPSA) is 63.2 Å². The Labute approximate surface area is 130 Å². The summed E-state index contributed by atoms with van der Waals surface area (Å²) in [7, 11) is 0. The van der Waals surface area contributed by atoms with Crippen molar-refractivity contribution in [1.29, 1.82) is 0 Å².